The van der Waals surface area contributed by atoms with E-state index < -0.39 is 5.97 Å². The van der Waals surface area contributed by atoms with Crippen molar-refractivity contribution in [3.05, 3.63) is 29.6 Å². The first-order valence-electron chi connectivity index (χ1n) is 8.25. The van der Waals surface area contributed by atoms with Crippen LogP contribution in [0.1, 0.15) is 30.1 Å². The molecule has 0 atom stereocenters. The van der Waals surface area contributed by atoms with Crippen LogP contribution in [0.15, 0.2) is 23.4 Å². The molecule has 2 N–H and O–H groups in total. The van der Waals surface area contributed by atoms with Crippen molar-refractivity contribution >= 4 is 17.7 Å². The molecule has 3 rings (SSSR count). The van der Waals surface area contributed by atoms with Crippen molar-refractivity contribution in [2.24, 2.45) is 0 Å². The molecule has 1 aliphatic rings. The number of methoxy groups -OCH3 is 1. The number of ether oxygens (including phenoxy) is 1. The fraction of sp³-hybridized carbons (Fsp3) is 0.471. The molecule has 0 amide bonds. The number of aliphatic carboxylic acids is 1. The van der Waals surface area contributed by atoms with Gasteiger partial charge in [0.25, 0.3) is 0 Å². The van der Waals surface area contributed by atoms with E-state index in [1.54, 1.807) is 7.11 Å². The van der Waals surface area contributed by atoms with Gasteiger partial charge in [0, 0.05) is 5.92 Å². The first kappa shape index (κ1) is 17.8. The third kappa shape index (κ3) is 3.96. The van der Waals surface area contributed by atoms with Crippen molar-refractivity contribution in [3.63, 3.8) is 0 Å². The molecule has 25 heavy (non-hydrogen) atoms. The summed E-state index contributed by atoms with van der Waals surface area (Å²) in [5, 5.41) is 21.7. The molecule has 1 aromatic carbocycles. The second kappa shape index (κ2) is 7.88. The summed E-state index contributed by atoms with van der Waals surface area (Å²) in [6.45, 7) is 3.90. The predicted octanol–water partition coefficient (Wildman–Crippen LogP) is 2.23. The highest BCUT2D eigenvalue weighted by Gasteiger charge is 2.26. The lowest BCUT2D eigenvalue weighted by atomic mass is 9.97. The number of benzene rings is 1. The van der Waals surface area contributed by atoms with Gasteiger partial charge in [-0.2, -0.15) is 0 Å². The van der Waals surface area contributed by atoms with E-state index in [0.717, 1.165) is 48.8 Å². The Morgan fingerprint density at radius 1 is 1.40 bits per heavy atom. The number of piperidine rings is 1. The first-order valence-corrected chi connectivity index (χ1v) is 9.24. The van der Waals surface area contributed by atoms with E-state index in [2.05, 4.69) is 15.5 Å². The van der Waals surface area contributed by atoms with Crippen LogP contribution in [0.25, 0.3) is 5.69 Å². The predicted molar refractivity (Wildman–Crippen MR) is 95.9 cm³/mol. The van der Waals surface area contributed by atoms with E-state index in [1.165, 1.54) is 11.8 Å². The highest BCUT2D eigenvalue weighted by molar-refractivity contribution is 7.99. The second-order valence-electron chi connectivity index (χ2n) is 6.06. The lowest BCUT2D eigenvalue weighted by Crippen LogP contribution is -2.28. The Morgan fingerprint density at radius 2 is 2.16 bits per heavy atom. The standard InChI is InChI=1S/C17H22N4O3S/c1-11-3-4-14(24-2)13(9-11)21-16(12-5-7-18-8-6-12)19-20-17(21)25-10-15(22)23/h3-4,9,12,18H,5-8,10H2,1-2H3,(H,22,23). The number of aryl methyl sites for hydroxylation is 1. The number of aromatic nitrogens is 3. The van der Waals surface area contributed by atoms with Gasteiger partial charge in [0.05, 0.1) is 18.6 Å². The van der Waals surface area contributed by atoms with Gasteiger partial charge < -0.3 is 15.2 Å². The molecule has 0 saturated carbocycles. The SMILES string of the molecule is COc1ccc(C)cc1-n1c(SCC(=O)O)nnc1C1CCNCC1. The molecular formula is C17H22N4O3S. The first-order chi connectivity index (χ1) is 12.1. The molecule has 2 heterocycles. The van der Waals surface area contributed by atoms with Crippen molar-refractivity contribution in [2.75, 3.05) is 26.0 Å². The van der Waals surface area contributed by atoms with Crippen molar-refractivity contribution in [2.45, 2.75) is 30.8 Å². The van der Waals surface area contributed by atoms with E-state index in [1.807, 2.05) is 29.7 Å². The van der Waals surface area contributed by atoms with E-state index in [4.69, 9.17) is 9.84 Å². The molecule has 8 heteroatoms. The van der Waals surface area contributed by atoms with Crippen molar-refractivity contribution < 1.29 is 14.6 Å². The van der Waals surface area contributed by atoms with Crippen LogP contribution >= 0.6 is 11.8 Å². The molecule has 0 spiro atoms. The molecule has 2 aromatic rings. The fourth-order valence-electron chi connectivity index (χ4n) is 3.05. The average molecular weight is 362 g/mol. The molecule has 1 aliphatic heterocycles. The number of carboxylic acids is 1. The van der Waals surface area contributed by atoms with Gasteiger partial charge in [0.1, 0.15) is 11.6 Å². The maximum atomic E-state index is 11.0. The van der Waals surface area contributed by atoms with Crippen LogP contribution < -0.4 is 10.1 Å². The lowest BCUT2D eigenvalue weighted by Gasteiger charge is -2.23. The third-order valence-corrected chi connectivity index (χ3v) is 5.18. The smallest absolute Gasteiger partial charge is 0.313 e. The van der Waals surface area contributed by atoms with Gasteiger partial charge in [-0.25, -0.2) is 0 Å². The molecule has 134 valence electrons. The summed E-state index contributed by atoms with van der Waals surface area (Å²) in [7, 11) is 1.63. The van der Waals surface area contributed by atoms with Gasteiger partial charge in [-0.3, -0.25) is 9.36 Å². The zero-order valence-corrected chi connectivity index (χ0v) is 15.2. The van der Waals surface area contributed by atoms with E-state index in [0.29, 0.717) is 5.16 Å². The second-order valence-corrected chi connectivity index (χ2v) is 7.00. The molecule has 0 aliphatic carbocycles. The van der Waals surface area contributed by atoms with Crippen LogP contribution in [0.5, 0.6) is 5.75 Å². The number of thioether (sulfide) groups is 1. The third-order valence-electron chi connectivity index (χ3n) is 4.26. The van der Waals surface area contributed by atoms with Crippen LogP contribution in [0.4, 0.5) is 0 Å². The Kier molecular flexibility index (Phi) is 5.60. The molecule has 7 nitrogen and oxygen atoms in total. The summed E-state index contributed by atoms with van der Waals surface area (Å²) in [5.74, 6) is 0.951. The van der Waals surface area contributed by atoms with Gasteiger partial charge in [-0.05, 0) is 50.6 Å². The maximum absolute atomic E-state index is 11.0. The molecule has 0 unspecified atom stereocenters. The normalized spacial score (nSPS) is 15.3. The molecule has 1 saturated heterocycles. The lowest BCUT2D eigenvalue weighted by molar-refractivity contribution is -0.133. The van der Waals surface area contributed by atoms with Gasteiger partial charge in [0.2, 0.25) is 0 Å². The molecule has 0 radical (unpaired) electrons. The Balaban J connectivity index is 2.08. The number of hydrogen-bond donors (Lipinski definition) is 2. The summed E-state index contributed by atoms with van der Waals surface area (Å²) in [4.78, 5) is 11.0. The minimum Gasteiger partial charge on any atom is -0.495 e. The van der Waals surface area contributed by atoms with Gasteiger partial charge in [-0.15, -0.1) is 10.2 Å². The molecular weight excluding hydrogens is 340 g/mol. The van der Waals surface area contributed by atoms with Crippen LogP contribution in [0.2, 0.25) is 0 Å². The monoisotopic (exact) mass is 362 g/mol. The highest BCUT2D eigenvalue weighted by atomic mass is 32.2. The number of nitrogens with zero attached hydrogens (tertiary/aromatic N) is 3. The zero-order valence-electron chi connectivity index (χ0n) is 14.4. The van der Waals surface area contributed by atoms with E-state index in [9.17, 15) is 4.79 Å². The largest absolute Gasteiger partial charge is 0.495 e. The van der Waals surface area contributed by atoms with Crippen molar-refractivity contribution in [3.8, 4) is 11.4 Å². The number of nitrogens with one attached hydrogen (secondary N) is 1. The summed E-state index contributed by atoms with van der Waals surface area (Å²) in [5.41, 5.74) is 1.95. The summed E-state index contributed by atoms with van der Waals surface area (Å²) < 4.78 is 7.50. The van der Waals surface area contributed by atoms with E-state index in [-0.39, 0.29) is 11.7 Å². The quantitative estimate of drug-likeness (QED) is 0.762. The van der Waals surface area contributed by atoms with Crippen LogP contribution in [0.3, 0.4) is 0 Å². The topological polar surface area (TPSA) is 89.3 Å². The van der Waals surface area contributed by atoms with Crippen LogP contribution in [0, 0.1) is 6.92 Å². The molecule has 1 fully saturated rings. The number of hydrogen-bond acceptors (Lipinski definition) is 6. The minimum absolute atomic E-state index is 0.0571. The van der Waals surface area contributed by atoms with Crippen molar-refractivity contribution in [1.29, 1.82) is 0 Å². The average Bonchev–Trinajstić information content (AvgIpc) is 3.04. The zero-order chi connectivity index (χ0) is 17.8. The Labute approximate surface area is 150 Å². The van der Waals surface area contributed by atoms with Gasteiger partial charge in [0.15, 0.2) is 5.16 Å². The number of rotatable bonds is 6. The summed E-state index contributed by atoms with van der Waals surface area (Å²) >= 11 is 1.18. The number of carbonyl (C=O) groups is 1. The van der Waals surface area contributed by atoms with Crippen molar-refractivity contribution in [1.82, 2.24) is 20.1 Å². The van der Waals surface area contributed by atoms with Gasteiger partial charge >= 0.3 is 5.97 Å². The Hall–Kier alpha value is -2.06. The Morgan fingerprint density at radius 3 is 2.84 bits per heavy atom. The summed E-state index contributed by atoms with van der Waals surface area (Å²) in [6, 6.07) is 5.93. The number of carboxylic acid groups (broad SMARTS) is 1. The minimum atomic E-state index is -0.876. The maximum Gasteiger partial charge on any atom is 0.313 e. The van der Waals surface area contributed by atoms with Crippen LogP contribution in [-0.2, 0) is 4.79 Å². The van der Waals surface area contributed by atoms with Crippen LogP contribution in [-0.4, -0.2) is 51.8 Å². The molecule has 1 aromatic heterocycles. The summed E-state index contributed by atoms with van der Waals surface area (Å²) in [6.07, 6.45) is 1.96. The highest BCUT2D eigenvalue weighted by Crippen LogP contribution is 2.34. The van der Waals surface area contributed by atoms with Gasteiger partial charge in [-0.1, -0.05) is 17.8 Å². The Bertz CT molecular complexity index is 756. The molecule has 0 bridgehead atoms. The van der Waals surface area contributed by atoms with E-state index >= 15 is 0 Å². The fourth-order valence-corrected chi connectivity index (χ4v) is 3.72.